The van der Waals surface area contributed by atoms with E-state index in [1.54, 1.807) is 29.2 Å². The molecule has 0 atom stereocenters. The number of amides is 1. The minimum Gasteiger partial charge on any atom is -0.451 e. The van der Waals surface area contributed by atoms with E-state index in [2.05, 4.69) is 12.0 Å². The van der Waals surface area contributed by atoms with E-state index in [9.17, 15) is 14.4 Å². The van der Waals surface area contributed by atoms with Gasteiger partial charge in [0.2, 0.25) is 0 Å². The predicted octanol–water partition coefficient (Wildman–Crippen LogP) is 2.39. The average Bonchev–Trinajstić information content (AvgIpc) is 2.66. The summed E-state index contributed by atoms with van der Waals surface area (Å²) in [4.78, 5) is 39.2. The molecule has 0 aliphatic carbocycles. The maximum atomic E-state index is 12.6. The molecule has 1 saturated heterocycles. The van der Waals surface area contributed by atoms with Crippen molar-refractivity contribution in [3.8, 4) is 0 Å². The number of ether oxygens (including phenoxy) is 1. The van der Waals surface area contributed by atoms with Crippen molar-refractivity contribution < 1.29 is 14.3 Å². The first-order valence-corrected chi connectivity index (χ1v) is 9.35. The summed E-state index contributed by atoms with van der Waals surface area (Å²) in [5.74, 6) is -0.277. The van der Waals surface area contributed by atoms with Gasteiger partial charge in [0.05, 0.1) is 11.4 Å². The monoisotopic (exact) mass is 371 g/mol. The molecule has 1 aliphatic rings. The summed E-state index contributed by atoms with van der Waals surface area (Å²) in [6, 6.07) is 6.60. The number of esters is 1. The average molecular weight is 371 g/mol. The number of carbonyl (C=O) groups is 2. The molecule has 0 spiro atoms. The third kappa shape index (κ3) is 4.02. The fourth-order valence-electron chi connectivity index (χ4n) is 3.25. The normalized spacial score (nSPS) is 15.3. The topological polar surface area (TPSA) is 81.5 Å². The summed E-state index contributed by atoms with van der Waals surface area (Å²) in [6.45, 7) is 6.87. The van der Waals surface area contributed by atoms with Crippen LogP contribution in [0.25, 0.3) is 10.8 Å². The number of hydrogen-bond acceptors (Lipinski definition) is 5. The molecule has 7 heteroatoms. The van der Waals surface area contributed by atoms with E-state index in [1.165, 1.54) is 4.68 Å². The van der Waals surface area contributed by atoms with E-state index in [4.69, 9.17) is 4.74 Å². The maximum absolute atomic E-state index is 12.6. The van der Waals surface area contributed by atoms with Crippen molar-refractivity contribution in [2.45, 2.75) is 39.7 Å². The van der Waals surface area contributed by atoms with Crippen LogP contribution in [0.15, 0.2) is 29.1 Å². The van der Waals surface area contributed by atoms with Crippen molar-refractivity contribution >= 4 is 22.6 Å². The Kier molecular flexibility index (Phi) is 5.58. The van der Waals surface area contributed by atoms with E-state index in [-0.39, 0.29) is 29.8 Å². The summed E-state index contributed by atoms with van der Waals surface area (Å²) < 4.78 is 6.52. The molecule has 144 valence electrons. The third-order valence-corrected chi connectivity index (χ3v) is 4.97. The number of piperidine rings is 1. The second-order valence-electron chi connectivity index (χ2n) is 7.38. The zero-order chi connectivity index (χ0) is 19.6. The highest BCUT2D eigenvalue weighted by Gasteiger charge is 2.23. The van der Waals surface area contributed by atoms with Gasteiger partial charge in [0, 0.05) is 18.5 Å². The second-order valence-corrected chi connectivity index (χ2v) is 7.38. The van der Waals surface area contributed by atoms with E-state index >= 15 is 0 Å². The molecule has 3 rings (SSSR count). The van der Waals surface area contributed by atoms with Crippen molar-refractivity contribution in [2.75, 3.05) is 19.7 Å². The number of nitrogens with zero attached hydrogens (tertiary/aromatic N) is 3. The van der Waals surface area contributed by atoms with Crippen molar-refractivity contribution in [3.63, 3.8) is 0 Å². The predicted molar refractivity (Wildman–Crippen MR) is 102 cm³/mol. The molecular weight excluding hydrogens is 346 g/mol. The van der Waals surface area contributed by atoms with Crippen LogP contribution in [-0.2, 0) is 9.53 Å². The highest BCUT2D eigenvalue weighted by molar-refractivity contribution is 6.02. The molecule has 1 aromatic heterocycles. The van der Waals surface area contributed by atoms with Crippen molar-refractivity contribution in [2.24, 2.45) is 5.92 Å². The minimum absolute atomic E-state index is 0.0546. The van der Waals surface area contributed by atoms with Crippen LogP contribution in [0.3, 0.4) is 0 Å². The molecule has 2 aromatic rings. The minimum atomic E-state index is -0.695. The second kappa shape index (κ2) is 7.90. The molecule has 0 radical (unpaired) electrons. The number of benzene rings is 1. The van der Waals surface area contributed by atoms with Gasteiger partial charge < -0.3 is 9.64 Å². The van der Waals surface area contributed by atoms with Gasteiger partial charge >= 0.3 is 5.97 Å². The highest BCUT2D eigenvalue weighted by Crippen LogP contribution is 2.17. The Balaban J connectivity index is 1.80. The van der Waals surface area contributed by atoms with Gasteiger partial charge in [-0.3, -0.25) is 9.59 Å². The first-order chi connectivity index (χ1) is 12.9. The Hall–Kier alpha value is -2.70. The Morgan fingerprint density at radius 2 is 1.81 bits per heavy atom. The van der Waals surface area contributed by atoms with Crippen molar-refractivity contribution in [1.29, 1.82) is 0 Å². The Labute approximate surface area is 157 Å². The molecule has 0 unspecified atom stereocenters. The van der Waals surface area contributed by atoms with Gasteiger partial charge in [0.1, 0.15) is 0 Å². The summed E-state index contributed by atoms with van der Waals surface area (Å²) in [5.41, 5.74) is -0.199. The fourth-order valence-corrected chi connectivity index (χ4v) is 3.25. The SMILES string of the molecule is CC1CCN(C(=O)COC(=O)c2nn(C(C)C)c(=O)c3ccccc23)CC1. The number of fused-ring (bicyclic) bond motifs is 1. The summed E-state index contributed by atoms with van der Waals surface area (Å²) in [6.07, 6.45) is 1.93. The van der Waals surface area contributed by atoms with Crippen LogP contribution >= 0.6 is 0 Å². The highest BCUT2D eigenvalue weighted by atomic mass is 16.5. The molecule has 2 heterocycles. The lowest BCUT2D eigenvalue weighted by Crippen LogP contribution is -2.40. The van der Waals surface area contributed by atoms with Gasteiger partial charge in [-0.05, 0) is 38.7 Å². The number of aromatic nitrogens is 2. The quantitative estimate of drug-likeness (QED) is 0.771. The van der Waals surface area contributed by atoms with Crippen LogP contribution in [0.1, 0.15) is 50.1 Å². The molecule has 0 N–H and O–H groups in total. The molecule has 1 fully saturated rings. The summed E-state index contributed by atoms with van der Waals surface area (Å²) in [5, 5.41) is 5.05. The van der Waals surface area contributed by atoms with Crippen LogP contribution < -0.4 is 5.56 Å². The number of likely N-dealkylation sites (tertiary alicyclic amines) is 1. The molecule has 1 aliphatic heterocycles. The van der Waals surface area contributed by atoms with Gasteiger partial charge in [-0.2, -0.15) is 5.10 Å². The largest absolute Gasteiger partial charge is 0.451 e. The van der Waals surface area contributed by atoms with Gasteiger partial charge in [-0.15, -0.1) is 0 Å². The molecule has 7 nitrogen and oxygen atoms in total. The van der Waals surface area contributed by atoms with Crippen LogP contribution in [0.2, 0.25) is 0 Å². The smallest absolute Gasteiger partial charge is 0.359 e. The van der Waals surface area contributed by atoms with Gasteiger partial charge in [0.25, 0.3) is 11.5 Å². The molecule has 27 heavy (non-hydrogen) atoms. The third-order valence-electron chi connectivity index (χ3n) is 4.97. The summed E-state index contributed by atoms with van der Waals surface area (Å²) in [7, 11) is 0. The molecular formula is C20H25N3O4. The van der Waals surface area contributed by atoms with Gasteiger partial charge in [-0.25, -0.2) is 9.48 Å². The van der Waals surface area contributed by atoms with Gasteiger partial charge in [0.15, 0.2) is 12.3 Å². The van der Waals surface area contributed by atoms with E-state index < -0.39 is 5.97 Å². The summed E-state index contributed by atoms with van der Waals surface area (Å²) >= 11 is 0. The standard InChI is InChI=1S/C20H25N3O4/c1-13(2)23-19(25)16-7-5-4-6-15(16)18(21-23)20(26)27-12-17(24)22-10-8-14(3)9-11-22/h4-7,13-14H,8-12H2,1-3H3. The molecule has 0 saturated carbocycles. The Bertz CT molecular complexity index is 911. The zero-order valence-electron chi connectivity index (χ0n) is 16.0. The number of carbonyl (C=O) groups excluding carboxylic acids is 2. The maximum Gasteiger partial charge on any atom is 0.359 e. The lowest BCUT2D eigenvalue weighted by Gasteiger charge is -2.30. The Morgan fingerprint density at radius 1 is 1.19 bits per heavy atom. The molecule has 1 aromatic carbocycles. The first kappa shape index (κ1) is 19.1. The number of rotatable bonds is 4. The van der Waals surface area contributed by atoms with Crippen LogP contribution in [-0.4, -0.2) is 46.3 Å². The van der Waals surface area contributed by atoms with Crippen molar-refractivity contribution in [1.82, 2.24) is 14.7 Å². The van der Waals surface area contributed by atoms with E-state index in [0.717, 1.165) is 12.8 Å². The van der Waals surface area contributed by atoms with Crippen LogP contribution in [0.4, 0.5) is 0 Å². The van der Waals surface area contributed by atoms with E-state index in [0.29, 0.717) is 29.8 Å². The fraction of sp³-hybridized carbons (Fsp3) is 0.500. The van der Waals surface area contributed by atoms with Crippen LogP contribution in [0.5, 0.6) is 0 Å². The lowest BCUT2D eigenvalue weighted by molar-refractivity contribution is -0.135. The molecule has 0 bridgehead atoms. The van der Waals surface area contributed by atoms with Gasteiger partial charge in [-0.1, -0.05) is 25.1 Å². The lowest BCUT2D eigenvalue weighted by atomic mass is 9.99. The Morgan fingerprint density at radius 3 is 2.44 bits per heavy atom. The van der Waals surface area contributed by atoms with Crippen LogP contribution in [0, 0.1) is 5.92 Å². The van der Waals surface area contributed by atoms with E-state index in [1.807, 2.05) is 13.8 Å². The zero-order valence-corrected chi connectivity index (χ0v) is 16.0. The molecule has 1 amide bonds. The van der Waals surface area contributed by atoms with Crippen molar-refractivity contribution in [3.05, 3.63) is 40.3 Å². The first-order valence-electron chi connectivity index (χ1n) is 9.35. The number of hydrogen-bond donors (Lipinski definition) is 0.